The van der Waals surface area contributed by atoms with Crippen LogP contribution in [0, 0.1) is 5.92 Å². The molecule has 24 heavy (non-hydrogen) atoms. The summed E-state index contributed by atoms with van der Waals surface area (Å²) in [6, 6.07) is 3.87. The van der Waals surface area contributed by atoms with Gasteiger partial charge in [0.25, 0.3) is 0 Å². The van der Waals surface area contributed by atoms with Crippen LogP contribution >= 0.6 is 11.3 Å². The van der Waals surface area contributed by atoms with E-state index in [-0.39, 0.29) is 5.60 Å². The molecule has 0 unspecified atom stereocenters. The molecule has 1 spiro atoms. The van der Waals surface area contributed by atoms with Crippen LogP contribution in [-0.4, -0.2) is 46.8 Å². The van der Waals surface area contributed by atoms with Gasteiger partial charge in [0.15, 0.2) is 0 Å². The predicted molar refractivity (Wildman–Crippen MR) is 93.1 cm³/mol. The molecule has 2 atom stereocenters. The van der Waals surface area contributed by atoms with Crippen molar-refractivity contribution in [1.29, 1.82) is 0 Å². The second-order valence-corrected chi connectivity index (χ2v) is 7.62. The maximum atomic E-state index is 6.32. The summed E-state index contributed by atoms with van der Waals surface area (Å²) in [6.07, 6.45) is 8.94. The van der Waals surface area contributed by atoms with E-state index in [0.717, 1.165) is 38.4 Å². The standard InChI is InChI=1S/C18H23N3O2S/c1-3-15(13-22-16-4-2-6-19-11-16)18(5-1)14-21(8-9-23-18)12-17-20-7-10-24-17/h2,4,6-7,10-11,15H,1,3,5,8-9,12-14H2/t15-,18-/m1/s1. The van der Waals surface area contributed by atoms with Crippen LogP contribution in [0.4, 0.5) is 0 Å². The van der Waals surface area contributed by atoms with E-state index in [1.54, 1.807) is 23.7 Å². The number of ether oxygens (including phenoxy) is 2. The summed E-state index contributed by atoms with van der Waals surface area (Å²) in [5.41, 5.74) is -0.0578. The lowest BCUT2D eigenvalue weighted by Gasteiger charge is -2.43. The molecule has 0 N–H and O–H groups in total. The first-order valence-corrected chi connectivity index (χ1v) is 9.50. The van der Waals surface area contributed by atoms with Gasteiger partial charge in [-0.2, -0.15) is 0 Å². The molecule has 1 aliphatic heterocycles. The third-order valence-electron chi connectivity index (χ3n) is 5.11. The highest BCUT2D eigenvalue weighted by atomic mass is 32.1. The van der Waals surface area contributed by atoms with Crippen LogP contribution in [0.1, 0.15) is 24.3 Å². The number of rotatable bonds is 5. The summed E-state index contributed by atoms with van der Waals surface area (Å²) in [4.78, 5) is 11.0. The molecule has 2 aromatic heterocycles. The fraction of sp³-hybridized carbons (Fsp3) is 0.556. The van der Waals surface area contributed by atoms with Gasteiger partial charge in [-0.15, -0.1) is 11.3 Å². The van der Waals surface area contributed by atoms with Gasteiger partial charge in [-0.05, 0) is 31.4 Å². The van der Waals surface area contributed by atoms with Gasteiger partial charge in [0.05, 0.1) is 31.6 Å². The highest BCUT2D eigenvalue weighted by Crippen LogP contribution is 2.41. The third-order valence-corrected chi connectivity index (χ3v) is 5.88. The van der Waals surface area contributed by atoms with Crippen LogP contribution in [0.2, 0.25) is 0 Å². The number of thiazole rings is 1. The molecular weight excluding hydrogens is 322 g/mol. The second-order valence-electron chi connectivity index (χ2n) is 6.64. The minimum Gasteiger partial charge on any atom is -0.492 e. The monoisotopic (exact) mass is 345 g/mol. The zero-order valence-corrected chi connectivity index (χ0v) is 14.6. The molecule has 2 aliphatic rings. The first-order valence-electron chi connectivity index (χ1n) is 8.62. The SMILES string of the molecule is c1cncc(OC[C@H]2CCC[C@@]23CN(Cc2nccs2)CCO3)c1. The average molecular weight is 345 g/mol. The van der Waals surface area contributed by atoms with Crippen LogP contribution in [0.3, 0.4) is 0 Å². The Balaban J connectivity index is 1.40. The summed E-state index contributed by atoms with van der Waals surface area (Å²) in [5.74, 6) is 1.28. The number of pyridine rings is 1. The van der Waals surface area contributed by atoms with Crippen molar-refractivity contribution in [3.8, 4) is 5.75 Å². The van der Waals surface area contributed by atoms with E-state index < -0.39 is 0 Å². The minimum atomic E-state index is -0.0578. The molecule has 2 fully saturated rings. The lowest BCUT2D eigenvalue weighted by Crippen LogP contribution is -2.54. The molecule has 0 aromatic carbocycles. The highest BCUT2D eigenvalue weighted by Gasteiger charge is 2.47. The Morgan fingerprint density at radius 2 is 2.42 bits per heavy atom. The summed E-state index contributed by atoms with van der Waals surface area (Å²) >= 11 is 1.73. The summed E-state index contributed by atoms with van der Waals surface area (Å²) in [6.45, 7) is 4.40. The normalized spacial score (nSPS) is 27.6. The zero-order valence-electron chi connectivity index (χ0n) is 13.8. The Labute approximate surface area is 146 Å². The smallest absolute Gasteiger partial charge is 0.137 e. The number of hydrogen-bond donors (Lipinski definition) is 0. The van der Waals surface area contributed by atoms with Gasteiger partial charge >= 0.3 is 0 Å². The van der Waals surface area contributed by atoms with E-state index in [0.29, 0.717) is 12.5 Å². The van der Waals surface area contributed by atoms with Gasteiger partial charge in [0.2, 0.25) is 0 Å². The van der Waals surface area contributed by atoms with Crippen LogP contribution in [0.15, 0.2) is 36.1 Å². The van der Waals surface area contributed by atoms with E-state index in [1.165, 1.54) is 17.8 Å². The fourth-order valence-electron chi connectivity index (χ4n) is 3.92. The van der Waals surface area contributed by atoms with Gasteiger partial charge in [0.1, 0.15) is 10.8 Å². The first kappa shape index (κ1) is 16.0. The molecule has 0 amide bonds. The van der Waals surface area contributed by atoms with Gasteiger partial charge in [-0.3, -0.25) is 9.88 Å². The summed E-state index contributed by atoms with van der Waals surface area (Å²) < 4.78 is 12.3. The Morgan fingerprint density at radius 1 is 1.42 bits per heavy atom. The van der Waals surface area contributed by atoms with E-state index in [1.807, 2.05) is 23.7 Å². The third kappa shape index (κ3) is 3.45. The van der Waals surface area contributed by atoms with Crippen molar-refractivity contribution < 1.29 is 9.47 Å². The molecule has 128 valence electrons. The molecule has 1 aliphatic carbocycles. The molecule has 2 aromatic rings. The Morgan fingerprint density at radius 3 is 3.25 bits per heavy atom. The Kier molecular flexibility index (Phi) is 4.78. The van der Waals surface area contributed by atoms with Gasteiger partial charge in [-0.25, -0.2) is 4.98 Å². The number of hydrogen-bond acceptors (Lipinski definition) is 6. The van der Waals surface area contributed by atoms with Crippen molar-refractivity contribution in [1.82, 2.24) is 14.9 Å². The highest BCUT2D eigenvalue weighted by molar-refractivity contribution is 7.09. The molecule has 0 bridgehead atoms. The number of nitrogens with zero attached hydrogens (tertiary/aromatic N) is 3. The van der Waals surface area contributed by atoms with Crippen molar-refractivity contribution in [3.05, 3.63) is 41.1 Å². The largest absolute Gasteiger partial charge is 0.492 e. The lowest BCUT2D eigenvalue weighted by molar-refractivity contribution is -0.137. The average Bonchev–Trinajstić information content (AvgIpc) is 3.25. The predicted octanol–water partition coefficient (Wildman–Crippen LogP) is 2.99. The zero-order chi connectivity index (χ0) is 16.2. The van der Waals surface area contributed by atoms with Crippen molar-refractivity contribution >= 4 is 11.3 Å². The van der Waals surface area contributed by atoms with Crippen molar-refractivity contribution in [3.63, 3.8) is 0 Å². The lowest BCUT2D eigenvalue weighted by atomic mass is 9.89. The maximum Gasteiger partial charge on any atom is 0.137 e. The van der Waals surface area contributed by atoms with Crippen molar-refractivity contribution in [2.45, 2.75) is 31.4 Å². The van der Waals surface area contributed by atoms with Gasteiger partial charge in [0, 0.05) is 36.8 Å². The molecule has 6 heteroatoms. The van der Waals surface area contributed by atoms with Crippen molar-refractivity contribution in [2.75, 3.05) is 26.3 Å². The van der Waals surface area contributed by atoms with Crippen LogP contribution < -0.4 is 4.74 Å². The molecular formula is C18H23N3O2S. The number of aromatic nitrogens is 2. The molecule has 1 saturated heterocycles. The molecule has 1 saturated carbocycles. The van der Waals surface area contributed by atoms with Gasteiger partial charge < -0.3 is 9.47 Å². The minimum absolute atomic E-state index is 0.0578. The quantitative estimate of drug-likeness (QED) is 0.834. The molecule has 0 radical (unpaired) electrons. The second kappa shape index (κ2) is 7.17. The first-order chi connectivity index (χ1) is 11.8. The molecule has 4 rings (SSSR count). The van der Waals surface area contributed by atoms with Crippen molar-refractivity contribution in [2.24, 2.45) is 5.92 Å². The Hall–Kier alpha value is -1.50. The van der Waals surface area contributed by atoms with Crippen LogP contribution in [0.25, 0.3) is 0 Å². The maximum absolute atomic E-state index is 6.32. The van der Waals surface area contributed by atoms with E-state index in [4.69, 9.17) is 9.47 Å². The summed E-state index contributed by atoms with van der Waals surface area (Å²) in [7, 11) is 0. The number of morpholine rings is 1. The molecule has 3 heterocycles. The van der Waals surface area contributed by atoms with Gasteiger partial charge in [-0.1, -0.05) is 0 Å². The van der Waals surface area contributed by atoms with E-state index >= 15 is 0 Å². The van der Waals surface area contributed by atoms with Crippen LogP contribution in [-0.2, 0) is 11.3 Å². The van der Waals surface area contributed by atoms with Crippen LogP contribution in [0.5, 0.6) is 5.75 Å². The summed E-state index contributed by atoms with van der Waals surface area (Å²) in [5, 5.41) is 3.24. The molecule has 5 nitrogen and oxygen atoms in total. The fourth-order valence-corrected chi connectivity index (χ4v) is 4.57. The van der Waals surface area contributed by atoms with E-state index in [2.05, 4.69) is 14.9 Å². The van der Waals surface area contributed by atoms with E-state index in [9.17, 15) is 0 Å². The Bertz CT molecular complexity index is 637. The topological polar surface area (TPSA) is 47.5 Å².